The average Bonchev–Trinajstić information content (AvgIpc) is 2.30. The van der Waals surface area contributed by atoms with Gasteiger partial charge in [-0.15, -0.1) is 0 Å². The first-order valence-corrected chi connectivity index (χ1v) is 8.00. The van der Waals surface area contributed by atoms with Gasteiger partial charge in [0.25, 0.3) is 0 Å². The van der Waals surface area contributed by atoms with Gasteiger partial charge in [-0.3, -0.25) is 4.90 Å². The molecule has 1 aromatic carbocycles. The van der Waals surface area contributed by atoms with Gasteiger partial charge in [-0.05, 0) is 53.4 Å². The number of halogens is 1. The average molecular weight is 317 g/mol. The molecule has 1 rings (SSSR count). The SMILES string of the molecule is CCC(CSC)N(C)Cc1ccc(Br)c(N)c1. The predicted molar refractivity (Wildman–Crippen MR) is 82.5 cm³/mol. The number of nitrogens with two attached hydrogens (primary N) is 1. The molecule has 0 bridgehead atoms. The molecule has 0 heterocycles. The van der Waals surface area contributed by atoms with Crippen LogP contribution >= 0.6 is 27.7 Å². The van der Waals surface area contributed by atoms with Crippen LogP contribution in [-0.4, -0.2) is 30.0 Å². The molecule has 1 atom stereocenters. The van der Waals surface area contributed by atoms with E-state index in [2.05, 4.69) is 47.1 Å². The fraction of sp³-hybridized carbons (Fsp3) is 0.538. The number of hydrogen-bond acceptors (Lipinski definition) is 3. The van der Waals surface area contributed by atoms with Crippen molar-refractivity contribution in [1.29, 1.82) is 0 Å². The van der Waals surface area contributed by atoms with Gasteiger partial charge < -0.3 is 5.73 Å². The standard InChI is InChI=1S/C13H21BrN2S/c1-4-11(9-17-3)16(2)8-10-5-6-12(14)13(15)7-10/h5-7,11H,4,8-9,15H2,1-3H3. The fourth-order valence-electron chi connectivity index (χ4n) is 1.86. The Labute approximate surface area is 117 Å². The Morgan fingerprint density at radius 1 is 1.47 bits per heavy atom. The van der Waals surface area contributed by atoms with Crippen LogP contribution in [0.1, 0.15) is 18.9 Å². The summed E-state index contributed by atoms with van der Waals surface area (Å²) in [7, 11) is 2.18. The Balaban J connectivity index is 2.66. The van der Waals surface area contributed by atoms with E-state index in [1.165, 1.54) is 17.7 Å². The third kappa shape index (κ3) is 4.53. The molecule has 0 aromatic heterocycles. The minimum Gasteiger partial charge on any atom is -0.398 e. The predicted octanol–water partition coefficient (Wildman–Crippen LogP) is 3.60. The molecule has 0 aliphatic heterocycles. The summed E-state index contributed by atoms with van der Waals surface area (Å²) in [6.07, 6.45) is 3.34. The summed E-state index contributed by atoms with van der Waals surface area (Å²) in [5.41, 5.74) is 7.98. The summed E-state index contributed by atoms with van der Waals surface area (Å²) < 4.78 is 0.972. The van der Waals surface area contributed by atoms with Crippen molar-refractivity contribution in [2.24, 2.45) is 0 Å². The van der Waals surface area contributed by atoms with Gasteiger partial charge in [0.2, 0.25) is 0 Å². The van der Waals surface area contributed by atoms with E-state index in [1.54, 1.807) is 0 Å². The fourth-order valence-corrected chi connectivity index (χ4v) is 2.98. The van der Waals surface area contributed by atoms with Gasteiger partial charge in [0.05, 0.1) is 0 Å². The summed E-state index contributed by atoms with van der Waals surface area (Å²) in [4.78, 5) is 2.40. The van der Waals surface area contributed by atoms with Crippen molar-refractivity contribution in [2.45, 2.75) is 25.9 Å². The molecule has 0 aliphatic carbocycles. The normalized spacial score (nSPS) is 13.0. The quantitative estimate of drug-likeness (QED) is 0.813. The minimum atomic E-state index is 0.634. The van der Waals surface area contributed by atoms with E-state index in [-0.39, 0.29) is 0 Å². The smallest absolute Gasteiger partial charge is 0.0461 e. The van der Waals surface area contributed by atoms with Crippen molar-refractivity contribution < 1.29 is 0 Å². The molecule has 0 fully saturated rings. The number of thioether (sulfide) groups is 1. The monoisotopic (exact) mass is 316 g/mol. The van der Waals surface area contributed by atoms with Crippen molar-refractivity contribution in [1.82, 2.24) is 4.90 Å². The molecule has 96 valence electrons. The summed E-state index contributed by atoms with van der Waals surface area (Å²) in [5, 5.41) is 0. The van der Waals surface area contributed by atoms with Crippen molar-refractivity contribution >= 4 is 33.4 Å². The first-order valence-electron chi connectivity index (χ1n) is 5.81. The first kappa shape index (κ1) is 14.9. The number of benzene rings is 1. The molecule has 0 saturated heterocycles. The van der Waals surface area contributed by atoms with E-state index in [9.17, 15) is 0 Å². The van der Waals surface area contributed by atoms with Crippen LogP contribution < -0.4 is 5.73 Å². The molecule has 0 radical (unpaired) electrons. The molecular weight excluding hydrogens is 296 g/mol. The number of anilines is 1. The molecule has 0 saturated carbocycles. The second-order valence-electron chi connectivity index (χ2n) is 4.29. The summed E-state index contributed by atoms with van der Waals surface area (Å²) in [6.45, 7) is 3.20. The van der Waals surface area contributed by atoms with Crippen LogP contribution in [0.3, 0.4) is 0 Å². The zero-order chi connectivity index (χ0) is 12.8. The molecule has 1 unspecified atom stereocenters. The van der Waals surface area contributed by atoms with E-state index < -0.39 is 0 Å². The molecule has 0 aliphatic rings. The summed E-state index contributed by atoms with van der Waals surface area (Å²) in [5.74, 6) is 1.18. The number of hydrogen-bond donors (Lipinski definition) is 1. The lowest BCUT2D eigenvalue weighted by Crippen LogP contribution is -2.32. The third-order valence-corrected chi connectivity index (χ3v) is 4.39. The molecule has 1 aromatic rings. The van der Waals surface area contributed by atoms with Gasteiger partial charge in [0.1, 0.15) is 0 Å². The third-order valence-electron chi connectivity index (χ3n) is 2.95. The Hall–Kier alpha value is -0.190. The summed E-state index contributed by atoms with van der Waals surface area (Å²) in [6, 6.07) is 6.83. The van der Waals surface area contributed by atoms with Crippen molar-refractivity contribution in [3.63, 3.8) is 0 Å². The molecule has 0 spiro atoms. The molecule has 4 heteroatoms. The number of rotatable bonds is 6. The van der Waals surface area contributed by atoms with E-state index in [4.69, 9.17) is 5.73 Å². The van der Waals surface area contributed by atoms with Crippen LogP contribution in [0.4, 0.5) is 5.69 Å². The van der Waals surface area contributed by atoms with Gasteiger partial charge in [-0.2, -0.15) is 11.8 Å². The molecule has 2 N–H and O–H groups in total. The zero-order valence-corrected chi connectivity index (χ0v) is 13.1. The van der Waals surface area contributed by atoms with Gasteiger partial charge in [0.15, 0.2) is 0 Å². The Morgan fingerprint density at radius 2 is 2.18 bits per heavy atom. The van der Waals surface area contributed by atoms with Crippen molar-refractivity contribution in [2.75, 3.05) is 24.8 Å². The van der Waals surface area contributed by atoms with Crippen molar-refractivity contribution in [3.05, 3.63) is 28.2 Å². The number of nitrogen functional groups attached to an aromatic ring is 1. The van der Waals surface area contributed by atoms with Gasteiger partial charge in [-0.25, -0.2) is 0 Å². The second kappa shape index (κ2) is 7.29. The Bertz CT molecular complexity index is 357. The highest BCUT2D eigenvalue weighted by molar-refractivity contribution is 9.10. The van der Waals surface area contributed by atoms with Crippen LogP contribution in [0.5, 0.6) is 0 Å². The van der Waals surface area contributed by atoms with Crippen LogP contribution in [0, 0.1) is 0 Å². The second-order valence-corrected chi connectivity index (χ2v) is 6.05. The van der Waals surface area contributed by atoms with E-state index in [0.717, 1.165) is 16.7 Å². The van der Waals surface area contributed by atoms with E-state index in [0.29, 0.717) is 6.04 Å². The zero-order valence-electron chi connectivity index (χ0n) is 10.7. The van der Waals surface area contributed by atoms with Gasteiger partial charge in [-0.1, -0.05) is 13.0 Å². The van der Waals surface area contributed by atoms with Crippen LogP contribution in [0.25, 0.3) is 0 Å². The maximum Gasteiger partial charge on any atom is 0.0461 e. The Morgan fingerprint density at radius 3 is 2.71 bits per heavy atom. The highest BCUT2D eigenvalue weighted by atomic mass is 79.9. The topological polar surface area (TPSA) is 29.3 Å². The maximum atomic E-state index is 5.89. The molecule has 17 heavy (non-hydrogen) atoms. The molecular formula is C13H21BrN2S. The lowest BCUT2D eigenvalue weighted by atomic mass is 10.1. The number of nitrogens with zero attached hydrogens (tertiary/aromatic N) is 1. The maximum absolute atomic E-state index is 5.89. The highest BCUT2D eigenvalue weighted by Gasteiger charge is 2.12. The molecule has 2 nitrogen and oxygen atoms in total. The molecule has 0 amide bonds. The summed E-state index contributed by atoms with van der Waals surface area (Å²) >= 11 is 5.33. The first-order chi connectivity index (χ1) is 8.08. The van der Waals surface area contributed by atoms with Crippen LogP contribution in [0.15, 0.2) is 22.7 Å². The van der Waals surface area contributed by atoms with Crippen LogP contribution in [-0.2, 0) is 6.54 Å². The lowest BCUT2D eigenvalue weighted by molar-refractivity contribution is 0.248. The van der Waals surface area contributed by atoms with E-state index >= 15 is 0 Å². The van der Waals surface area contributed by atoms with E-state index in [1.807, 2.05) is 23.9 Å². The van der Waals surface area contributed by atoms with Crippen molar-refractivity contribution in [3.8, 4) is 0 Å². The minimum absolute atomic E-state index is 0.634. The van der Waals surface area contributed by atoms with Crippen LogP contribution in [0.2, 0.25) is 0 Å². The Kier molecular flexibility index (Phi) is 6.38. The van der Waals surface area contributed by atoms with Gasteiger partial charge >= 0.3 is 0 Å². The lowest BCUT2D eigenvalue weighted by Gasteiger charge is -2.26. The largest absolute Gasteiger partial charge is 0.398 e. The highest BCUT2D eigenvalue weighted by Crippen LogP contribution is 2.21. The van der Waals surface area contributed by atoms with Gasteiger partial charge in [0, 0.05) is 28.5 Å².